The van der Waals surface area contributed by atoms with Gasteiger partial charge < -0.3 is 9.84 Å². The number of aromatic hydroxyl groups is 1. The highest BCUT2D eigenvalue weighted by Crippen LogP contribution is 2.29. The molecule has 0 atom stereocenters. The van der Waals surface area contributed by atoms with Crippen LogP contribution >= 0.6 is 11.3 Å². The highest BCUT2D eigenvalue weighted by molar-refractivity contribution is 7.22. The maximum atomic E-state index is 9.97. The van der Waals surface area contributed by atoms with Gasteiger partial charge in [0.25, 0.3) is 0 Å². The number of hydrogen-bond donors (Lipinski definition) is 2. The molecule has 112 valence electrons. The third-order valence-electron chi connectivity index (χ3n) is 3.16. The number of benzene rings is 2. The molecule has 1 aromatic heterocycles. The molecule has 0 aliphatic carbocycles. The predicted molar refractivity (Wildman–Crippen MR) is 90.2 cm³/mol. The maximum absolute atomic E-state index is 9.97. The van der Waals surface area contributed by atoms with Crippen LogP contribution < -0.4 is 10.2 Å². The second-order valence-electron chi connectivity index (χ2n) is 4.76. The van der Waals surface area contributed by atoms with Crippen LogP contribution in [0.5, 0.6) is 11.5 Å². The van der Waals surface area contributed by atoms with Crippen LogP contribution in [0, 0.1) is 6.92 Å². The molecule has 22 heavy (non-hydrogen) atoms. The van der Waals surface area contributed by atoms with Gasteiger partial charge in [0, 0.05) is 5.56 Å². The summed E-state index contributed by atoms with van der Waals surface area (Å²) >= 11 is 1.54. The lowest BCUT2D eigenvalue weighted by Gasteiger charge is -2.04. The lowest BCUT2D eigenvalue weighted by Crippen LogP contribution is -1.92. The molecule has 0 aliphatic heterocycles. The van der Waals surface area contributed by atoms with E-state index in [0.717, 1.165) is 10.2 Å². The molecule has 1 heterocycles. The maximum Gasteiger partial charge on any atom is 0.204 e. The molecule has 0 saturated heterocycles. The third kappa shape index (κ3) is 2.87. The number of aryl methyl sites for hydroxylation is 1. The van der Waals surface area contributed by atoms with Gasteiger partial charge in [-0.25, -0.2) is 4.98 Å². The molecule has 0 spiro atoms. The van der Waals surface area contributed by atoms with Gasteiger partial charge in [0.1, 0.15) is 0 Å². The topological polar surface area (TPSA) is 66.7 Å². The zero-order valence-electron chi connectivity index (χ0n) is 12.2. The number of rotatable bonds is 4. The van der Waals surface area contributed by atoms with Crippen LogP contribution in [0.2, 0.25) is 0 Å². The Labute approximate surface area is 131 Å². The Bertz CT molecular complexity index is 843. The van der Waals surface area contributed by atoms with E-state index in [2.05, 4.69) is 28.5 Å². The van der Waals surface area contributed by atoms with Gasteiger partial charge >= 0.3 is 0 Å². The van der Waals surface area contributed by atoms with E-state index in [9.17, 15) is 5.11 Å². The van der Waals surface area contributed by atoms with E-state index in [1.807, 2.05) is 12.1 Å². The number of nitrogens with one attached hydrogen (secondary N) is 1. The minimum Gasteiger partial charge on any atom is -0.504 e. The first kappa shape index (κ1) is 14.3. The van der Waals surface area contributed by atoms with Crippen LogP contribution in [0.25, 0.3) is 10.2 Å². The summed E-state index contributed by atoms with van der Waals surface area (Å²) in [5, 5.41) is 14.8. The molecule has 0 aliphatic rings. The molecule has 0 bridgehead atoms. The molecule has 5 nitrogen and oxygen atoms in total. The summed E-state index contributed by atoms with van der Waals surface area (Å²) in [5.41, 5.74) is 5.61. The number of hydrogen-bond acceptors (Lipinski definition) is 6. The number of thiazole rings is 1. The molecule has 2 N–H and O–H groups in total. The second-order valence-corrected chi connectivity index (χ2v) is 5.79. The van der Waals surface area contributed by atoms with Gasteiger partial charge in [-0.15, -0.1) is 0 Å². The highest BCUT2D eigenvalue weighted by Gasteiger charge is 2.05. The van der Waals surface area contributed by atoms with Crippen LogP contribution in [0.4, 0.5) is 5.13 Å². The number of para-hydroxylation sites is 1. The average Bonchev–Trinajstić information content (AvgIpc) is 2.90. The van der Waals surface area contributed by atoms with Crippen molar-refractivity contribution in [2.75, 3.05) is 12.5 Å². The van der Waals surface area contributed by atoms with Crippen molar-refractivity contribution in [2.24, 2.45) is 5.10 Å². The fourth-order valence-corrected chi connectivity index (χ4v) is 2.96. The van der Waals surface area contributed by atoms with Crippen LogP contribution in [0.3, 0.4) is 0 Å². The number of methoxy groups -OCH3 is 1. The van der Waals surface area contributed by atoms with Crippen molar-refractivity contribution in [3.63, 3.8) is 0 Å². The normalized spacial score (nSPS) is 11.2. The Kier molecular flexibility index (Phi) is 3.93. The molecule has 3 rings (SSSR count). The Morgan fingerprint density at radius 3 is 3.00 bits per heavy atom. The van der Waals surface area contributed by atoms with Gasteiger partial charge in [-0.05, 0) is 36.8 Å². The summed E-state index contributed by atoms with van der Waals surface area (Å²) in [6.45, 7) is 2.05. The largest absolute Gasteiger partial charge is 0.504 e. The number of nitrogens with zero attached hydrogens (tertiary/aromatic N) is 2. The highest BCUT2D eigenvalue weighted by atomic mass is 32.1. The van der Waals surface area contributed by atoms with Crippen LogP contribution in [0.15, 0.2) is 41.5 Å². The molecular weight excluding hydrogens is 298 g/mol. The zero-order chi connectivity index (χ0) is 15.5. The van der Waals surface area contributed by atoms with E-state index < -0.39 is 0 Å². The zero-order valence-corrected chi connectivity index (χ0v) is 13.0. The molecule has 0 saturated carbocycles. The summed E-state index contributed by atoms with van der Waals surface area (Å²) in [6.07, 6.45) is 1.54. The molecule has 0 amide bonds. The van der Waals surface area contributed by atoms with Gasteiger partial charge in [0.05, 0.1) is 23.5 Å². The van der Waals surface area contributed by atoms with Crippen LogP contribution in [-0.2, 0) is 0 Å². The van der Waals surface area contributed by atoms with Crippen LogP contribution in [0.1, 0.15) is 11.1 Å². The van der Waals surface area contributed by atoms with Gasteiger partial charge in [-0.3, -0.25) is 5.43 Å². The van der Waals surface area contributed by atoms with E-state index >= 15 is 0 Å². The first-order chi connectivity index (χ1) is 10.7. The van der Waals surface area contributed by atoms with Crippen molar-refractivity contribution in [2.45, 2.75) is 6.92 Å². The van der Waals surface area contributed by atoms with E-state index in [1.54, 1.807) is 18.2 Å². The molecule has 3 aromatic rings. The summed E-state index contributed by atoms with van der Waals surface area (Å²) in [7, 11) is 1.51. The molecule has 2 aromatic carbocycles. The molecule has 6 heteroatoms. The molecule has 0 fully saturated rings. The Morgan fingerprint density at radius 2 is 2.18 bits per heavy atom. The smallest absolute Gasteiger partial charge is 0.204 e. The fourth-order valence-electron chi connectivity index (χ4n) is 2.04. The van der Waals surface area contributed by atoms with Gasteiger partial charge in [0.2, 0.25) is 5.13 Å². The summed E-state index contributed by atoms with van der Waals surface area (Å²) in [6, 6.07) is 11.4. The lowest BCUT2D eigenvalue weighted by atomic mass is 10.2. The van der Waals surface area contributed by atoms with Crippen molar-refractivity contribution < 1.29 is 9.84 Å². The Morgan fingerprint density at radius 1 is 1.32 bits per heavy atom. The quantitative estimate of drug-likeness (QED) is 0.568. The molecule has 0 unspecified atom stereocenters. The van der Waals surface area contributed by atoms with Crippen molar-refractivity contribution in [1.82, 2.24) is 4.98 Å². The van der Waals surface area contributed by atoms with Crippen molar-refractivity contribution >= 4 is 32.9 Å². The number of fused-ring (bicyclic) bond motifs is 1. The van der Waals surface area contributed by atoms with Gasteiger partial charge in [-0.1, -0.05) is 23.5 Å². The Balaban J connectivity index is 1.78. The minimum atomic E-state index is 0.0653. The van der Waals surface area contributed by atoms with Crippen molar-refractivity contribution in [3.05, 3.63) is 47.5 Å². The number of aromatic nitrogens is 1. The third-order valence-corrected chi connectivity index (χ3v) is 4.08. The van der Waals surface area contributed by atoms with Crippen molar-refractivity contribution in [3.8, 4) is 11.5 Å². The Hall–Kier alpha value is -2.60. The summed E-state index contributed by atoms with van der Waals surface area (Å²) < 4.78 is 6.17. The van der Waals surface area contributed by atoms with Crippen molar-refractivity contribution in [1.29, 1.82) is 0 Å². The number of phenolic OH excluding ortho intramolecular Hbond substituents is 1. The van der Waals surface area contributed by atoms with E-state index in [0.29, 0.717) is 16.4 Å². The molecule has 0 radical (unpaired) electrons. The second kappa shape index (κ2) is 6.03. The fraction of sp³-hybridized carbons (Fsp3) is 0.125. The predicted octanol–water partition coefficient (Wildman–Crippen LogP) is 3.76. The minimum absolute atomic E-state index is 0.0653. The summed E-state index contributed by atoms with van der Waals surface area (Å²) in [5.74, 6) is 0.481. The first-order valence-corrected chi connectivity index (χ1v) is 7.51. The number of anilines is 1. The monoisotopic (exact) mass is 313 g/mol. The van der Waals surface area contributed by atoms with Gasteiger partial charge in [-0.2, -0.15) is 5.10 Å². The van der Waals surface area contributed by atoms with E-state index in [-0.39, 0.29) is 5.75 Å². The average molecular weight is 313 g/mol. The number of hydrazone groups is 1. The standard InChI is InChI=1S/C16H15N3O2S/c1-10-6-7-12-14(8-10)22-16(18-12)19-17-9-11-4-3-5-13(21-2)15(11)20/h3-9,20H,1-2H3,(H,18,19). The number of ether oxygens (including phenoxy) is 1. The molecular formula is C16H15N3O2S. The lowest BCUT2D eigenvalue weighted by molar-refractivity contribution is 0.373. The summed E-state index contributed by atoms with van der Waals surface area (Å²) in [4.78, 5) is 4.45. The van der Waals surface area contributed by atoms with Crippen LogP contribution in [-0.4, -0.2) is 23.4 Å². The van der Waals surface area contributed by atoms with Gasteiger partial charge in [0.15, 0.2) is 11.5 Å². The first-order valence-electron chi connectivity index (χ1n) is 6.69. The number of phenols is 1. The van der Waals surface area contributed by atoms with E-state index in [1.165, 1.54) is 30.2 Å². The SMILES string of the molecule is COc1cccc(C=NNc2nc3ccc(C)cc3s2)c1O. The van der Waals surface area contributed by atoms with E-state index in [4.69, 9.17) is 4.74 Å².